The highest BCUT2D eigenvalue weighted by molar-refractivity contribution is 7.10. The van der Waals surface area contributed by atoms with Crippen LogP contribution in [0.15, 0.2) is 29.9 Å². The van der Waals surface area contributed by atoms with Gasteiger partial charge in [-0.15, -0.1) is 11.3 Å². The molecule has 6 heteroatoms. The largest absolute Gasteiger partial charge is 0.382 e. The molecule has 1 fully saturated rings. The second-order valence-electron chi connectivity index (χ2n) is 5.70. The van der Waals surface area contributed by atoms with E-state index < -0.39 is 0 Å². The first-order valence-electron chi connectivity index (χ1n) is 7.58. The zero-order chi connectivity index (χ0) is 15.4. The van der Waals surface area contributed by atoms with Crippen molar-refractivity contribution in [2.45, 2.75) is 25.7 Å². The van der Waals surface area contributed by atoms with Crippen LogP contribution in [0.4, 0.5) is 5.82 Å². The summed E-state index contributed by atoms with van der Waals surface area (Å²) in [6, 6.07) is 4.01. The van der Waals surface area contributed by atoms with E-state index in [4.69, 9.17) is 5.73 Å². The van der Waals surface area contributed by atoms with Crippen molar-refractivity contribution < 1.29 is 4.79 Å². The van der Waals surface area contributed by atoms with Gasteiger partial charge >= 0.3 is 0 Å². The fourth-order valence-corrected chi connectivity index (χ4v) is 3.64. The van der Waals surface area contributed by atoms with E-state index in [0.717, 1.165) is 42.9 Å². The molecule has 2 N–H and O–H groups in total. The SMILES string of the molecule is Nc1nccnc1CC1CCCN(C(=O)Cc2cccs2)C1. The van der Waals surface area contributed by atoms with E-state index >= 15 is 0 Å². The number of carbonyl (C=O) groups is 1. The summed E-state index contributed by atoms with van der Waals surface area (Å²) in [5.41, 5.74) is 6.72. The highest BCUT2D eigenvalue weighted by atomic mass is 32.1. The van der Waals surface area contributed by atoms with E-state index in [2.05, 4.69) is 9.97 Å². The Morgan fingerprint density at radius 2 is 2.27 bits per heavy atom. The van der Waals surface area contributed by atoms with Crippen molar-refractivity contribution in [1.29, 1.82) is 0 Å². The number of anilines is 1. The number of amides is 1. The van der Waals surface area contributed by atoms with Crippen LogP contribution in [0.25, 0.3) is 0 Å². The van der Waals surface area contributed by atoms with Crippen LogP contribution in [0.2, 0.25) is 0 Å². The molecule has 2 aromatic heterocycles. The van der Waals surface area contributed by atoms with Crippen LogP contribution >= 0.6 is 11.3 Å². The van der Waals surface area contributed by atoms with Crippen LogP contribution in [-0.4, -0.2) is 33.9 Å². The Balaban J connectivity index is 1.59. The fourth-order valence-electron chi connectivity index (χ4n) is 2.94. The minimum atomic E-state index is 0.222. The standard InChI is InChI=1S/C16H20N4OS/c17-16-14(18-5-6-19-16)9-12-3-1-7-20(11-12)15(21)10-13-4-2-8-22-13/h2,4-6,8,12H,1,3,7,9-11H2,(H2,17,19). The Bertz CT molecular complexity index is 629. The van der Waals surface area contributed by atoms with Crippen LogP contribution in [0.5, 0.6) is 0 Å². The Kier molecular flexibility index (Phi) is 4.68. The van der Waals surface area contributed by atoms with E-state index in [1.165, 1.54) is 0 Å². The van der Waals surface area contributed by atoms with Gasteiger partial charge in [-0.05, 0) is 36.6 Å². The van der Waals surface area contributed by atoms with Crippen molar-refractivity contribution in [3.63, 3.8) is 0 Å². The molecule has 0 radical (unpaired) electrons. The molecule has 116 valence electrons. The number of carbonyl (C=O) groups excluding carboxylic acids is 1. The number of thiophene rings is 1. The van der Waals surface area contributed by atoms with Gasteiger partial charge in [0.15, 0.2) is 0 Å². The Labute approximate surface area is 134 Å². The molecule has 22 heavy (non-hydrogen) atoms. The van der Waals surface area contributed by atoms with E-state index in [0.29, 0.717) is 18.2 Å². The molecule has 1 atom stereocenters. The van der Waals surface area contributed by atoms with Crippen LogP contribution < -0.4 is 5.73 Å². The lowest BCUT2D eigenvalue weighted by Gasteiger charge is -2.32. The summed E-state index contributed by atoms with van der Waals surface area (Å²) in [5, 5.41) is 2.01. The number of likely N-dealkylation sites (tertiary alicyclic amines) is 1. The number of piperidine rings is 1. The average Bonchev–Trinajstić information content (AvgIpc) is 3.03. The van der Waals surface area contributed by atoms with Gasteiger partial charge < -0.3 is 10.6 Å². The van der Waals surface area contributed by atoms with Crippen molar-refractivity contribution in [2.24, 2.45) is 5.92 Å². The third-order valence-electron chi connectivity index (χ3n) is 4.07. The van der Waals surface area contributed by atoms with Crippen molar-refractivity contribution >= 4 is 23.1 Å². The van der Waals surface area contributed by atoms with Crippen LogP contribution in [0.3, 0.4) is 0 Å². The second-order valence-corrected chi connectivity index (χ2v) is 6.73. The first-order valence-corrected chi connectivity index (χ1v) is 8.46. The summed E-state index contributed by atoms with van der Waals surface area (Å²) in [5.74, 6) is 1.14. The van der Waals surface area contributed by atoms with E-state index in [-0.39, 0.29) is 5.91 Å². The zero-order valence-electron chi connectivity index (χ0n) is 12.4. The molecule has 5 nitrogen and oxygen atoms in total. The lowest BCUT2D eigenvalue weighted by Crippen LogP contribution is -2.41. The van der Waals surface area contributed by atoms with Gasteiger partial charge in [-0.25, -0.2) is 4.98 Å². The third-order valence-corrected chi connectivity index (χ3v) is 4.94. The molecule has 1 aliphatic heterocycles. The van der Waals surface area contributed by atoms with Crippen molar-refractivity contribution in [2.75, 3.05) is 18.8 Å². The molecule has 1 saturated heterocycles. The molecule has 0 aliphatic carbocycles. The molecule has 0 spiro atoms. The maximum Gasteiger partial charge on any atom is 0.227 e. The molecule has 0 aromatic carbocycles. The van der Waals surface area contributed by atoms with Crippen LogP contribution in [0, 0.1) is 5.92 Å². The van der Waals surface area contributed by atoms with Gasteiger partial charge in [0.25, 0.3) is 0 Å². The van der Waals surface area contributed by atoms with Gasteiger partial charge in [-0.2, -0.15) is 0 Å². The predicted molar refractivity (Wildman–Crippen MR) is 87.5 cm³/mol. The third kappa shape index (κ3) is 3.62. The first kappa shape index (κ1) is 15.0. The second kappa shape index (κ2) is 6.87. The van der Waals surface area contributed by atoms with Crippen LogP contribution in [0.1, 0.15) is 23.4 Å². The topological polar surface area (TPSA) is 72.1 Å². The van der Waals surface area contributed by atoms with Gasteiger partial charge in [-0.1, -0.05) is 6.07 Å². The predicted octanol–water partition coefficient (Wildman–Crippen LogP) is 2.14. The number of hydrogen-bond donors (Lipinski definition) is 1. The van der Waals surface area contributed by atoms with Gasteiger partial charge in [0.1, 0.15) is 5.82 Å². The normalized spacial score (nSPS) is 18.4. The van der Waals surface area contributed by atoms with Gasteiger partial charge in [-0.3, -0.25) is 9.78 Å². The summed E-state index contributed by atoms with van der Waals surface area (Å²) in [6.45, 7) is 1.65. The minimum absolute atomic E-state index is 0.222. The number of rotatable bonds is 4. The van der Waals surface area contributed by atoms with Crippen molar-refractivity contribution in [1.82, 2.24) is 14.9 Å². The summed E-state index contributed by atoms with van der Waals surface area (Å²) in [6.07, 6.45) is 6.74. The maximum atomic E-state index is 12.4. The van der Waals surface area contributed by atoms with E-state index in [9.17, 15) is 4.79 Å². The van der Waals surface area contributed by atoms with Gasteiger partial charge in [0.05, 0.1) is 12.1 Å². The van der Waals surface area contributed by atoms with Gasteiger partial charge in [0, 0.05) is 30.4 Å². The number of aromatic nitrogens is 2. The van der Waals surface area contributed by atoms with Crippen molar-refractivity contribution in [3.05, 3.63) is 40.5 Å². The average molecular weight is 316 g/mol. The molecular formula is C16H20N4OS. The van der Waals surface area contributed by atoms with Crippen LogP contribution in [-0.2, 0) is 17.6 Å². The Morgan fingerprint density at radius 3 is 3.05 bits per heavy atom. The molecule has 0 saturated carbocycles. The zero-order valence-corrected chi connectivity index (χ0v) is 13.3. The number of nitrogens with two attached hydrogens (primary N) is 1. The quantitative estimate of drug-likeness (QED) is 0.938. The fraction of sp³-hybridized carbons (Fsp3) is 0.438. The highest BCUT2D eigenvalue weighted by Crippen LogP contribution is 2.22. The maximum absolute atomic E-state index is 12.4. The molecule has 3 heterocycles. The monoisotopic (exact) mass is 316 g/mol. The lowest BCUT2D eigenvalue weighted by atomic mass is 9.93. The molecule has 1 aliphatic rings. The Morgan fingerprint density at radius 1 is 1.41 bits per heavy atom. The number of nitrogens with zero attached hydrogens (tertiary/aromatic N) is 3. The smallest absolute Gasteiger partial charge is 0.227 e. The molecule has 3 rings (SSSR count). The van der Waals surface area contributed by atoms with E-state index in [1.54, 1.807) is 23.7 Å². The molecule has 1 amide bonds. The summed E-state index contributed by atoms with van der Waals surface area (Å²) in [4.78, 5) is 23.9. The molecule has 2 aromatic rings. The summed E-state index contributed by atoms with van der Waals surface area (Å²) < 4.78 is 0. The lowest BCUT2D eigenvalue weighted by molar-refractivity contribution is -0.132. The number of hydrogen-bond acceptors (Lipinski definition) is 5. The molecular weight excluding hydrogens is 296 g/mol. The summed E-state index contributed by atoms with van der Waals surface area (Å²) in [7, 11) is 0. The highest BCUT2D eigenvalue weighted by Gasteiger charge is 2.24. The van der Waals surface area contributed by atoms with E-state index in [1.807, 2.05) is 22.4 Å². The summed E-state index contributed by atoms with van der Waals surface area (Å²) >= 11 is 1.64. The van der Waals surface area contributed by atoms with Crippen molar-refractivity contribution in [3.8, 4) is 0 Å². The van der Waals surface area contributed by atoms with Gasteiger partial charge in [0.2, 0.25) is 5.91 Å². The Hall–Kier alpha value is -1.95. The number of nitrogen functional groups attached to an aromatic ring is 1. The first-order chi connectivity index (χ1) is 10.7. The minimum Gasteiger partial charge on any atom is -0.382 e. The molecule has 0 bridgehead atoms. The molecule has 1 unspecified atom stereocenters.